The number of ether oxygens (including phenoxy) is 2. The number of carbonyl (C=O) groups excluding carboxylic acids is 2. The number of nitrogens with zero attached hydrogens (tertiary/aromatic N) is 2. The molecule has 1 N–H and O–H groups in total. The van der Waals surface area contributed by atoms with E-state index >= 15 is 0 Å². The second-order valence-electron chi connectivity index (χ2n) is 8.53. The summed E-state index contributed by atoms with van der Waals surface area (Å²) in [5.41, 5.74) is -0.930. The quantitative estimate of drug-likeness (QED) is 0.781. The van der Waals surface area contributed by atoms with Gasteiger partial charge in [-0.2, -0.15) is 0 Å². The van der Waals surface area contributed by atoms with Crippen LogP contribution in [0.5, 0.6) is 0 Å². The van der Waals surface area contributed by atoms with Crippen LogP contribution < -0.4 is 5.32 Å². The lowest BCUT2D eigenvalue weighted by Gasteiger charge is -2.38. The van der Waals surface area contributed by atoms with E-state index in [2.05, 4.69) is 5.32 Å². The van der Waals surface area contributed by atoms with Gasteiger partial charge in [0.05, 0.1) is 6.61 Å². The van der Waals surface area contributed by atoms with Gasteiger partial charge in [-0.05, 0) is 20.8 Å². The molecule has 0 aliphatic carbocycles. The van der Waals surface area contributed by atoms with Crippen LogP contribution in [0.15, 0.2) is 0 Å². The Hall–Kier alpha value is -1.34. The molecule has 2 rings (SSSR count). The summed E-state index contributed by atoms with van der Waals surface area (Å²) in [5, 5.41) is 3.23. The smallest absolute Gasteiger partial charge is 0.413 e. The van der Waals surface area contributed by atoms with Crippen LogP contribution in [0.4, 0.5) is 4.79 Å². The van der Waals surface area contributed by atoms with Crippen molar-refractivity contribution in [3.63, 3.8) is 0 Å². The summed E-state index contributed by atoms with van der Waals surface area (Å²) in [6.45, 7) is 14.5. The highest BCUT2D eigenvalue weighted by molar-refractivity contribution is 5.86. The highest BCUT2D eigenvalue weighted by Crippen LogP contribution is 2.33. The van der Waals surface area contributed by atoms with Crippen molar-refractivity contribution in [2.24, 2.45) is 5.41 Å². The number of amides is 2. The average Bonchev–Trinajstić information content (AvgIpc) is 2.90. The third kappa shape index (κ3) is 4.39. The molecule has 0 spiro atoms. The zero-order valence-corrected chi connectivity index (χ0v) is 15.7. The minimum atomic E-state index is -0.623. The van der Waals surface area contributed by atoms with Gasteiger partial charge < -0.3 is 19.7 Å². The summed E-state index contributed by atoms with van der Waals surface area (Å²) in [5.74, 6) is -0.0610. The van der Waals surface area contributed by atoms with Gasteiger partial charge >= 0.3 is 6.09 Å². The second-order valence-corrected chi connectivity index (χ2v) is 8.53. The Labute approximate surface area is 144 Å². The van der Waals surface area contributed by atoms with Crippen LogP contribution in [0.3, 0.4) is 0 Å². The molecule has 0 aromatic rings. The Morgan fingerprint density at radius 3 is 2.17 bits per heavy atom. The first-order valence-corrected chi connectivity index (χ1v) is 8.63. The standard InChI is InChI=1S/C17H31N3O4/c1-16(2,3)14-20(15(22)24-17(4,5)6)12(11-23-14)13(21)19-9-7-18-8-10-19/h12,14,18H,7-11H2,1-6H3. The summed E-state index contributed by atoms with van der Waals surface area (Å²) >= 11 is 0. The van der Waals surface area contributed by atoms with Crippen molar-refractivity contribution >= 4 is 12.0 Å². The molecule has 2 aliphatic rings. The summed E-state index contributed by atoms with van der Waals surface area (Å²) in [4.78, 5) is 29.0. The van der Waals surface area contributed by atoms with Crippen molar-refractivity contribution in [2.45, 2.75) is 59.4 Å². The maximum absolute atomic E-state index is 12.9. The highest BCUT2D eigenvalue weighted by Gasteiger charge is 2.49. The number of piperazine rings is 1. The van der Waals surface area contributed by atoms with Gasteiger partial charge in [0, 0.05) is 31.6 Å². The van der Waals surface area contributed by atoms with Crippen molar-refractivity contribution in [1.29, 1.82) is 0 Å². The van der Waals surface area contributed by atoms with E-state index in [1.54, 1.807) is 4.90 Å². The molecule has 2 aliphatic heterocycles. The highest BCUT2D eigenvalue weighted by atomic mass is 16.6. The van der Waals surface area contributed by atoms with Gasteiger partial charge in [-0.15, -0.1) is 0 Å². The maximum Gasteiger partial charge on any atom is 0.413 e. The molecule has 0 aromatic carbocycles. The van der Waals surface area contributed by atoms with E-state index in [0.29, 0.717) is 13.1 Å². The number of hydrogen-bond acceptors (Lipinski definition) is 5. The van der Waals surface area contributed by atoms with Crippen LogP contribution >= 0.6 is 0 Å². The molecule has 0 radical (unpaired) electrons. The van der Waals surface area contributed by atoms with Crippen LogP contribution in [0.1, 0.15) is 41.5 Å². The molecule has 138 valence electrons. The molecule has 7 heteroatoms. The molecule has 2 atom stereocenters. The minimum Gasteiger partial charge on any atom is -0.444 e. The Balaban J connectivity index is 2.21. The van der Waals surface area contributed by atoms with Crippen LogP contribution in [0, 0.1) is 5.41 Å². The predicted octanol–water partition coefficient (Wildman–Crippen LogP) is 1.43. The van der Waals surface area contributed by atoms with Gasteiger partial charge in [-0.25, -0.2) is 4.79 Å². The maximum atomic E-state index is 12.9. The SMILES string of the molecule is CC(C)(C)OC(=O)N1C(C(=O)N2CCNCC2)COC1C(C)(C)C. The van der Waals surface area contributed by atoms with Crippen molar-refractivity contribution < 1.29 is 19.1 Å². The van der Waals surface area contributed by atoms with Gasteiger partial charge in [-0.3, -0.25) is 9.69 Å². The van der Waals surface area contributed by atoms with E-state index in [0.717, 1.165) is 13.1 Å². The normalized spacial score (nSPS) is 25.8. The summed E-state index contributed by atoms with van der Waals surface area (Å²) in [6.07, 6.45) is -0.974. The molecule has 0 saturated carbocycles. The van der Waals surface area contributed by atoms with Gasteiger partial charge in [-0.1, -0.05) is 20.8 Å². The number of hydrogen-bond donors (Lipinski definition) is 1. The van der Waals surface area contributed by atoms with Gasteiger partial charge in [0.2, 0.25) is 5.91 Å². The molecule has 24 heavy (non-hydrogen) atoms. The summed E-state index contributed by atoms with van der Waals surface area (Å²) in [7, 11) is 0. The molecule has 2 heterocycles. The summed E-state index contributed by atoms with van der Waals surface area (Å²) < 4.78 is 11.4. The molecule has 7 nitrogen and oxygen atoms in total. The average molecular weight is 341 g/mol. The largest absolute Gasteiger partial charge is 0.444 e. The molecule has 2 fully saturated rings. The lowest BCUT2D eigenvalue weighted by atomic mass is 9.93. The Kier molecular flexibility index (Phi) is 5.44. The molecular formula is C17H31N3O4. The lowest BCUT2D eigenvalue weighted by Crippen LogP contribution is -2.57. The van der Waals surface area contributed by atoms with E-state index < -0.39 is 24.0 Å². The lowest BCUT2D eigenvalue weighted by molar-refractivity contribution is -0.137. The van der Waals surface area contributed by atoms with Gasteiger partial charge in [0.25, 0.3) is 0 Å². The van der Waals surface area contributed by atoms with Crippen molar-refractivity contribution in [3.05, 3.63) is 0 Å². The van der Waals surface area contributed by atoms with E-state index in [1.165, 1.54) is 4.90 Å². The first-order valence-electron chi connectivity index (χ1n) is 8.63. The Bertz CT molecular complexity index is 475. The number of nitrogens with one attached hydrogen (secondary N) is 1. The van der Waals surface area contributed by atoms with Crippen LogP contribution in [0.2, 0.25) is 0 Å². The zero-order chi connectivity index (χ0) is 18.1. The van der Waals surface area contributed by atoms with Gasteiger partial charge in [0.1, 0.15) is 17.9 Å². The van der Waals surface area contributed by atoms with Gasteiger partial charge in [0.15, 0.2) is 0 Å². The van der Waals surface area contributed by atoms with E-state index in [9.17, 15) is 9.59 Å². The van der Waals surface area contributed by atoms with E-state index in [1.807, 2.05) is 41.5 Å². The van der Waals surface area contributed by atoms with Crippen LogP contribution in [0.25, 0.3) is 0 Å². The molecule has 0 aromatic heterocycles. The van der Waals surface area contributed by atoms with Crippen molar-refractivity contribution in [2.75, 3.05) is 32.8 Å². The topological polar surface area (TPSA) is 71.1 Å². The first-order chi connectivity index (χ1) is 11.0. The monoisotopic (exact) mass is 341 g/mol. The predicted molar refractivity (Wildman–Crippen MR) is 90.5 cm³/mol. The van der Waals surface area contributed by atoms with Crippen LogP contribution in [-0.2, 0) is 14.3 Å². The fraction of sp³-hybridized carbons (Fsp3) is 0.882. The third-order valence-corrected chi connectivity index (χ3v) is 4.06. The molecule has 2 amide bonds. The molecule has 0 bridgehead atoms. The first kappa shape index (κ1) is 19.0. The molecular weight excluding hydrogens is 310 g/mol. The minimum absolute atomic E-state index is 0.0610. The number of carbonyl (C=O) groups is 2. The fourth-order valence-corrected chi connectivity index (χ4v) is 3.00. The Morgan fingerprint density at radius 1 is 1.08 bits per heavy atom. The fourth-order valence-electron chi connectivity index (χ4n) is 3.00. The van der Waals surface area contributed by atoms with E-state index in [4.69, 9.17) is 9.47 Å². The van der Waals surface area contributed by atoms with E-state index in [-0.39, 0.29) is 17.9 Å². The summed E-state index contributed by atoms with van der Waals surface area (Å²) in [6, 6.07) is -0.623. The van der Waals surface area contributed by atoms with Crippen molar-refractivity contribution in [3.8, 4) is 0 Å². The second kappa shape index (κ2) is 6.88. The molecule has 2 unspecified atom stereocenters. The Morgan fingerprint density at radius 2 is 1.67 bits per heavy atom. The van der Waals surface area contributed by atoms with Crippen molar-refractivity contribution in [1.82, 2.24) is 15.1 Å². The van der Waals surface area contributed by atoms with Crippen LogP contribution in [-0.4, -0.2) is 72.5 Å². The zero-order valence-electron chi connectivity index (χ0n) is 15.7. The number of rotatable bonds is 1. The third-order valence-electron chi connectivity index (χ3n) is 4.06. The molecule has 2 saturated heterocycles.